The van der Waals surface area contributed by atoms with Crippen molar-refractivity contribution < 1.29 is 19.8 Å². The lowest BCUT2D eigenvalue weighted by Crippen LogP contribution is -2.67. The number of hydrogen-bond acceptors (Lipinski definition) is 3. The summed E-state index contributed by atoms with van der Waals surface area (Å²) >= 11 is 0. The van der Waals surface area contributed by atoms with Crippen molar-refractivity contribution >= 4 is 11.9 Å². The lowest BCUT2D eigenvalue weighted by Gasteiger charge is -2.70. The van der Waals surface area contributed by atoms with Gasteiger partial charge in [-0.2, -0.15) is 0 Å². The van der Waals surface area contributed by atoms with E-state index >= 15 is 0 Å². The smallest absolute Gasteiger partial charge is 0.309 e. The minimum absolute atomic E-state index is 0.0141. The van der Waals surface area contributed by atoms with Gasteiger partial charge >= 0.3 is 5.97 Å². The van der Waals surface area contributed by atoms with Crippen LogP contribution < -0.4 is 0 Å². The number of hydrogen-bond donors (Lipinski definition) is 2. The highest BCUT2D eigenvalue weighted by molar-refractivity contribution is 5.76. The molecular formula is C23H37NO4. The van der Waals surface area contributed by atoms with Crippen LogP contribution in [0.25, 0.3) is 0 Å². The molecule has 1 amide bonds. The van der Waals surface area contributed by atoms with Crippen LogP contribution in [0.4, 0.5) is 0 Å². The maximum atomic E-state index is 12.4. The van der Waals surface area contributed by atoms with E-state index in [1.54, 1.807) is 19.0 Å². The summed E-state index contributed by atoms with van der Waals surface area (Å²) in [5.74, 6) is 0.497. The van der Waals surface area contributed by atoms with Crippen molar-refractivity contribution in [2.24, 2.45) is 39.9 Å². The molecule has 5 aliphatic carbocycles. The lowest BCUT2D eigenvalue weighted by atomic mass is 9.35. The van der Waals surface area contributed by atoms with Gasteiger partial charge in [-0.25, -0.2) is 0 Å². The Hall–Kier alpha value is -1.10. The summed E-state index contributed by atoms with van der Waals surface area (Å²) in [6.07, 6.45) is 7.86. The molecule has 2 bridgehead atoms. The molecule has 0 aromatic heterocycles. The zero-order valence-corrected chi connectivity index (χ0v) is 17.9. The summed E-state index contributed by atoms with van der Waals surface area (Å²) in [5.41, 5.74) is -0.773. The van der Waals surface area contributed by atoms with Crippen LogP contribution in [-0.4, -0.2) is 47.2 Å². The number of aliphatic hydroxyl groups is 1. The van der Waals surface area contributed by atoms with Gasteiger partial charge in [0.2, 0.25) is 5.91 Å². The van der Waals surface area contributed by atoms with Gasteiger partial charge in [-0.1, -0.05) is 13.3 Å². The molecule has 0 aromatic rings. The van der Waals surface area contributed by atoms with Gasteiger partial charge < -0.3 is 15.1 Å². The van der Waals surface area contributed by atoms with Crippen molar-refractivity contribution in [2.75, 3.05) is 14.1 Å². The standard InChI is InChI=1S/C23H37NO4/c1-21-8-5-9-22(2,20(27)28)16(21)7-11-23-10-6-14(12-17(21)23)15(19(23)26)13-18(25)24(3)4/h14-17,19,26H,5-13H2,1-4H3,(H,27,28)/t14-,15+,16+,17+,19-,21-,22-,23+/m1/s1. The fourth-order valence-electron chi connectivity index (χ4n) is 8.39. The first kappa shape index (κ1) is 20.2. The second-order valence-electron chi connectivity index (χ2n) is 11.1. The minimum atomic E-state index is -0.643. The fourth-order valence-corrected chi connectivity index (χ4v) is 8.39. The Labute approximate surface area is 168 Å². The van der Waals surface area contributed by atoms with Crippen molar-refractivity contribution in [1.29, 1.82) is 0 Å². The number of carbonyl (C=O) groups is 2. The number of fused-ring (bicyclic) bond motifs is 3. The molecule has 0 unspecified atom stereocenters. The first-order chi connectivity index (χ1) is 13.1. The number of rotatable bonds is 3. The monoisotopic (exact) mass is 391 g/mol. The van der Waals surface area contributed by atoms with Crippen LogP contribution in [0.1, 0.15) is 71.6 Å². The van der Waals surface area contributed by atoms with Gasteiger partial charge in [0, 0.05) is 20.5 Å². The zero-order valence-electron chi connectivity index (χ0n) is 17.9. The zero-order chi connectivity index (χ0) is 20.5. The Kier molecular flexibility index (Phi) is 4.65. The number of aliphatic hydroxyl groups excluding tert-OH is 1. The van der Waals surface area contributed by atoms with E-state index in [2.05, 4.69) is 6.92 Å². The van der Waals surface area contributed by atoms with E-state index in [0.717, 1.165) is 51.4 Å². The van der Waals surface area contributed by atoms with Crippen molar-refractivity contribution in [2.45, 2.75) is 77.7 Å². The topological polar surface area (TPSA) is 77.8 Å². The molecule has 8 atom stereocenters. The molecule has 5 saturated carbocycles. The number of amides is 1. The molecule has 0 heterocycles. The van der Waals surface area contributed by atoms with Gasteiger partial charge in [0.25, 0.3) is 0 Å². The Morgan fingerprint density at radius 2 is 1.71 bits per heavy atom. The normalized spacial score (nSPS) is 49.8. The molecule has 5 aliphatic rings. The first-order valence-electron chi connectivity index (χ1n) is 11.2. The molecule has 1 spiro atoms. The molecule has 0 saturated heterocycles. The summed E-state index contributed by atoms with van der Waals surface area (Å²) in [6.45, 7) is 4.29. The predicted octanol–water partition coefficient (Wildman–Crippen LogP) is 3.55. The third-order valence-electron chi connectivity index (χ3n) is 9.88. The Morgan fingerprint density at radius 1 is 1.04 bits per heavy atom. The van der Waals surface area contributed by atoms with E-state index in [1.807, 2.05) is 6.92 Å². The number of carboxylic acids is 1. The third-order valence-corrected chi connectivity index (χ3v) is 9.88. The Balaban J connectivity index is 1.67. The van der Waals surface area contributed by atoms with Crippen LogP contribution >= 0.6 is 0 Å². The van der Waals surface area contributed by atoms with Crippen molar-refractivity contribution in [3.63, 3.8) is 0 Å². The van der Waals surface area contributed by atoms with Crippen molar-refractivity contribution in [3.8, 4) is 0 Å². The van der Waals surface area contributed by atoms with Crippen LogP contribution in [0.3, 0.4) is 0 Å². The molecular weight excluding hydrogens is 354 g/mol. The average Bonchev–Trinajstić information content (AvgIpc) is 2.64. The molecule has 0 aromatic carbocycles. The molecule has 0 radical (unpaired) electrons. The predicted molar refractivity (Wildman–Crippen MR) is 106 cm³/mol. The SMILES string of the molecule is CN(C)C(=O)C[C@H]1[C@@H]2CC[C@@]3(CC[C@H]4[C@@](C)(CCC[C@@]4(C)C(=O)O)[C@@H]3C2)[C@@H]1O. The van der Waals surface area contributed by atoms with Gasteiger partial charge in [0.1, 0.15) is 0 Å². The Morgan fingerprint density at radius 3 is 2.36 bits per heavy atom. The van der Waals surface area contributed by atoms with Crippen molar-refractivity contribution in [1.82, 2.24) is 4.90 Å². The summed E-state index contributed by atoms with van der Waals surface area (Å²) in [6, 6.07) is 0. The molecule has 0 aliphatic heterocycles. The third kappa shape index (κ3) is 2.54. The van der Waals surface area contributed by atoms with Gasteiger partial charge in [0.15, 0.2) is 0 Å². The van der Waals surface area contributed by atoms with Gasteiger partial charge in [-0.15, -0.1) is 0 Å². The van der Waals surface area contributed by atoms with E-state index in [4.69, 9.17) is 0 Å². The summed E-state index contributed by atoms with van der Waals surface area (Å²) in [7, 11) is 3.58. The van der Waals surface area contributed by atoms with E-state index in [0.29, 0.717) is 18.3 Å². The van der Waals surface area contributed by atoms with Crippen molar-refractivity contribution in [3.05, 3.63) is 0 Å². The maximum Gasteiger partial charge on any atom is 0.309 e. The van der Waals surface area contributed by atoms with E-state index in [-0.39, 0.29) is 28.6 Å². The second kappa shape index (κ2) is 6.45. The van der Waals surface area contributed by atoms with E-state index in [1.165, 1.54) is 0 Å². The highest BCUT2D eigenvalue weighted by Gasteiger charge is 2.68. The Bertz CT molecular complexity index is 678. The average molecular weight is 392 g/mol. The van der Waals surface area contributed by atoms with Crippen LogP contribution in [0.2, 0.25) is 0 Å². The number of nitrogens with zero attached hydrogens (tertiary/aromatic N) is 1. The van der Waals surface area contributed by atoms with E-state index < -0.39 is 17.5 Å². The molecule has 5 nitrogen and oxygen atoms in total. The van der Waals surface area contributed by atoms with Crippen LogP contribution in [-0.2, 0) is 9.59 Å². The van der Waals surface area contributed by atoms with Gasteiger partial charge in [-0.3, -0.25) is 9.59 Å². The van der Waals surface area contributed by atoms with E-state index in [9.17, 15) is 19.8 Å². The second-order valence-corrected chi connectivity index (χ2v) is 11.1. The molecule has 5 rings (SSSR count). The molecule has 5 heteroatoms. The van der Waals surface area contributed by atoms with Crippen LogP contribution in [0.15, 0.2) is 0 Å². The summed E-state index contributed by atoms with van der Waals surface area (Å²) < 4.78 is 0. The van der Waals surface area contributed by atoms with Crippen LogP contribution in [0.5, 0.6) is 0 Å². The first-order valence-corrected chi connectivity index (χ1v) is 11.2. The largest absolute Gasteiger partial charge is 0.481 e. The molecule has 5 fully saturated rings. The quantitative estimate of drug-likeness (QED) is 0.771. The molecule has 158 valence electrons. The van der Waals surface area contributed by atoms with Gasteiger partial charge in [0.05, 0.1) is 11.5 Å². The number of aliphatic carboxylic acids is 1. The lowest BCUT2D eigenvalue weighted by molar-refractivity contribution is -0.245. The maximum absolute atomic E-state index is 12.4. The summed E-state index contributed by atoms with van der Waals surface area (Å²) in [5, 5.41) is 21.6. The highest BCUT2D eigenvalue weighted by atomic mass is 16.4. The minimum Gasteiger partial charge on any atom is -0.481 e. The highest BCUT2D eigenvalue weighted by Crippen LogP contribution is 2.72. The summed E-state index contributed by atoms with van der Waals surface area (Å²) in [4.78, 5) is 26.2. The molecule has 2 N–H and O–H groups in total. The number of carbonyl (C=O) groups excluding carboxylic acids is 1. The van der Waals surface area contributed by atoms with Crippen LogP contribution in [0, 0.1) is 39.9 Å². The molecule has 28 heavy (non-hydrogen) atoms. The fraction of sp³-hybridized carbons (Fsp3) is 0.913. The number of carboxylic acid groups (broad SMARTS) is 1. The van der Waals surface area contributed by atoms with Gasteiger partial charge in [-0.05, 0) is 86.4 Å².